The first-order chi connectivity index (χ1) is 5.65. The van der Waals surface area contributed by atoms with E-state index in [9.17, 15) is 9.90 Å². The molecule has 70 valence electrons. The quantitative estimate of drug-likeness (QED) is 0.634. The van der Waals surface area contributed by atoms with Gasteiger partial charge in [-0.15, -0.1) is 0 Å². The van der Waals surface area contributed by atoms with E-state index in [2.05, 4.69) is 4.74 Å². The first kappa shape index (κ1) is 9.52. The lowest BCUT2D eigenvalue weighted by Crippen LogP contribution is -2.42. The van der Waals surface area contributed by atoms with Crippen molar-refractivity contribution in [3.63, 3.8) is 0 Å². The average Bonchev–Trinajstić information content (AvgIpc) is 2.46. The zero-order chi connectivity index (χ0) is 9.19. The van der Waals surface area contributed by atoms with Gasteiger partial charge in [-0.05, 0) is 31.6 Å². The molecule has 2 atom stereocenters. The van der Waals surface area contributed by atoms with Gasteiger partial charge in [0.2, 0.25) is 0 Å². The van der Waals surface area contributed by atoms with E-state index in [0.717, 1.165) is 19.3 Å². The summed E-state index contributed by atoms with van der Waals surface area (Å²) in [5, 5.41) is 9.94. The summed E-state index contributed by atoms with van der Waals surface area (Å²) in [5.41, 5.74) is -1.19. The van der Waals surface area contributed by atoms with Crippen molar-refractivity contribution in [2.45, 2.75) is 38.2 Å². The second-order valence-electron chi connectivity index (χ2n) is 3.41. The first-order valence-corrected chi connectivity index (χ1v) is 4.46. The van der Waals surface area contributed by atoms with E-state index in [-0.39, 0.29) is 5.92 Å². The van der Waals surface area contributed by atoms with Gasteiger partial charge < -0.3 is 9.84 Å². The summed E-state index contributed by atoms with van der Waals surface area (Å²) in [6.45, 7) is 1.99. The van der Waals surface area contributed by atoms with Gasteiger partial charge in [0.1, 0.15) is 0 Å². The SMILES string of the molecule is CCC1CCCC1(O)C(=O)OC. The summed E-state index contributed by atoms with van der Waals surface area (Å²) < 4.78 is 4.58. The van der Waals surface area contributed by atoms with Gasteiger partial charge in [0.25, 0.3) is 0 Å². The van der Waals surface area contributed by atoms with E-state index in [1.165, 1.54) is 7.11 Å². The Kier molecular flexibility index (Phi) is 2.73. The normalized spacial score (nSPS) is 35.1. The van der Waals surface area contributed by atoms with Gasteiger partial charge in [-0.2, -0.15) is 0 Å². The molecule has 0 saturated heterocycles. The van der Waals surface area contributed by atoms with Crippen LogP contribution in [-0.4, -0.2) is 23.8 Å². The molecule has 0 aromatic carbocycles. The Morgan fingerprint density at radius 3 is 2.92 bits per heavy atom. The zero-order valence-corrected chi connectivity index (χ0v) is 7.67. The highest BCUT2D eigenvalue weighted by Gasteiger charge is 2.47. The van der Waals surface area contributed by atoms with Gasteiger partial charge in [0, 0.05) is 0 Å². The van der Waals surface area contributed by atoms with E-state index < -0.39 is 11.6 Å². The van der Waals surface area contributed by atoms with Crippen LogP contribution in [0.2, 0.25) is 0 Å². The van der Waals surface area contributed by atoms with Gasteiger partial charge in [0.05, 0.1) is 7.11 Å². The smallest absolute Gasteiger partial charge is 0.338 e. The fraction of sp³-hybridized carbons (Fsp3) is 0.889. The van der Waals surface area contributed by atoms with E-state index in [1.807, 2.05) is 6.92 Å². The maximum Gasteiger partial charge on any atom is 0.338 e. The molecule has 1 aliphatic rings. The zero-order valence-electron chi connectivity index (χ0n) is 7.67. The Labute approximate surface area is 72.7 Å². The molecule has 0 aromatic heterocycles. The van der Waals surface area contributed by atoms with Crippen molar-refractivity contribution in [2.75, 3.05) is 7.11 Å². The van der Waals surface area contributed by atoms with Crippen molar-refractivity contribution in [2.24, 2.45) is 5.92 Å². The van der Waals surface area contributed by atoms with Crippen LogP contribution < -0.4 is 0 Å². The lowest BCUT2D eigenvalue weighted by molar-refractivity contribution is -0.166. The maximum atomic E-state index is 11.2. The summed E-state index contributed by atoms with van der Waals surface area (Å²) in [5.74, 6) is -0.378. The molecule has 3 nitrogen and oxygen atoms in total. The van der Waals surface area contributed by atoms with Gasteiger partial charge in [-0.3, -0.25) is 0 Å². The molecule has 1 fully saturated rings. The van der Waals surface area contributed by atoms with E-state index in [4.69, 9.17) is 0 Å². The molecule has 1 aliphatic carbocycles. The van der Waals surface area contributed by atoms with Crippen LogP contribution in [0.3, 0.4) is 0 Å². The van der Waals surface area contributed by atoms with E-state index in [0.29, 0.717) is 6.42 Å². The summed E-state index contributed by atoms with van der Waals surface area (Å²) in [4.78, 5) is 11.2. The predicted octanol–water partition coefficient (Wildman–Crippen LogP) is 1.10. The predicted molar refractivity (Wildman–Crippen MR) is 44.6 cm³/mol. The number of aliphatic hydroxyl groups is 1. The van der Waals surface area contributed by atoms with Gasteiger partial charge in [-0.1, -0.05) is 6.92 Å². The lowest BCUT2D eigenvalue weighted by atomic mass is 9.89. The number of rotatable bonds is 2. The molecule has 0 spiro atoms. The molecule has 3 heteroatoms. The van der Waals surface area contributed by atoms with Gasteiger partial charge in [0.15, 0.2) is 5.60 Å². The first-order valence-electron chi connectivity index (χ1n) is 4.46. The van der Waals surface area contributed by atoms with Crippen LogP contribution in [0.5, 0.6) is 0 Å². The van der Waals surface area contributed by atoms with Crippen LogP contribution in [0.1, 0.15) is 32.6 Å². The fourth-order valence-corrected chi connectivity index (χ4v) is 2.05. The Morgan fingerprint density at radius 2 is 2.42 bits per heavy atom. The largest absolute Gasteiger partial charge is 0.467 e. The van der Waals surface area contributed by atoms with Crippen LogP contribution >= 0.6 is 0 Å². The molecular formula is C9H16O3. The molecule has 0 amide bonds. The highest BCUT2D eigenvalue weighted by molar-refractivity contribution is 5.79. The number of carbonyl (C=O) groups is 1. The fourth-order valence-electron chi connectivity index (χ4n) is 2.05. The highest BCUT2D eigenvalue weighted by atomic mass is 16.5. The molecule has 0 bridgehead atoms. The van der Waals surface area contributed by atoms with Crippen molar-refractivity contribution >= 4 is 5.97 Å². The van der Waals surface area contributed by atoms with Crippen molar-refractivity contribution in [1.29, 1.82) is 0 Å². The van der Waals surface area contributed by atoms with Crippen molar-refractivity contribution in [3.05, 3.63) is 0 Å². The number of hydrogen-bond acceptors (Lipinski definition) is 3. The molecule has 0 heterocycles. The van der Waals surface area contributed by atoms with E-state index in [1.54, 1.807) is 0 Å². The topological polar surface area (TPSA) is 46.5 Å². The summed E-state index contributed by atoms with van der Waals surface area (Å²) in [7, 11) is 1.32. The molecule has 2 unspecified atom stereocenters. The van der Waals surface area contributed by atoms with Crippen LogP contribution in [0.15, 0.2) is 0 Å². The molecule has 0 aromatic rings. The molecule has 1 saturated carbocycles. The Balaban J connectivity index is 2.74. The number of ether oxygens (including phenoxy) is 1. The van der Waals surface area contributed by atoms with Crippen molar-refractivity contribution in [1.82, 2.24) is 0 Å². The Bertz CT molecular complexity index is 179. The Morgan fingerprint density at radius 1 is 1.75 bits per heavy atom. The third kappa shape index (κ3) is 1.33. The van der Waals surface area contributed by atoms with Crippen LogP contribution in [0.25, 0.3) is 0 Å². The summed E-state index contributed by atoms with van der Waals surface area (Å²) in [6, 6.07) is 0. The number of carbonyl (C=O) groups excluding carboxylic acids is 1. The van der Waals surface area contributed by atoms with Crippen molar-refractivity contribution in [3.8, 4) is 0 Å². The monoisotopic (exact) mass is 172 g/mol. The molecule has 0 radical (unpaired) electrons. The standard InChI is InChI=1S/C9H16O3/c1-3-7-5-4-6-9(7,11)8(10)12-2/h7,11H,3-6H2,1-2H3. The minimum Gasteiger partial charge on any atom is -0.467 e. The molecule has 1 rings (SSSR count). The minimum atomic E-state index is -1.19. The second-order valence-corrected chi connectivity index (χ2v) is 3.41. The lowest BCUT2D eigenvalue weighted by Gasteiger charge is -2.25. The van der Waals surface area contributed by atoms with Gasteiger partial charge in [-0.25, -0.2) is 4.79 Å². The van der Waals surface area contributed by atoms with Crippen LogP contribution in [-0.2, 0) is 9.53 Å². The molecule has 12 heavy (non-hydrogen) atoms. The van der Waals surface area contributed by atoms with Crippen LogP contribution in [0.4, 0.5) is 0 Å². The Hall–Kier alpha value is -0.570. The third-order valence-electron chi connectivity index (χ3n) is 2.82. The van der Waals surface area contributed by atoms with E-state index >= 15 is 0 Å². The van der Waals surface area contributed by atoms with Gasteiger partial charge >= 0.3 is 5.97 Å². The number of esters is 1. The van der Waals surface area contributed by atoms with Crippen molar-refractivity contribution < 1.29 is 14.6 Å². The van der Waals surface area contributed by atoms with Crippen LogP contribution in [0, 0.1) is 5.92 Å². The molecule has 0 aliphatic heterocycles. The average molecular weight is 172 g/mol. The maximum absolute atomic E-state index is 11.2. The summed E-state index contributed by atoms with van der Waals surface area (Å²) >= 11 is 0. The number of hydrogen-bond donors (Lipinski definition) is 1. The molecular weight excluding hydrogens is 156 g/mol. The summed E-state index contributed by atoms with van der Waals surface area (Å²) in [6.07, 6.45) is 3.25. The molecule has 1 N–H and O–H groups in total. The highest BCUT2D eigenvalue weighted by Crippen LogP contribution is 2.38. The minimum absolute atomic E-state index is 0.0879. The second kappa shape index (κ2) is 3.44. The number of methoxy groups -OCH3 is 1. The third-order valence-corrected chi connectivity index (χ3v) is 2.82.